The minimum atomic E-state index is -0.744. The maximum atomic E-state index is 12.6. The van der Waals surface area contributed by atoms with E-state index in [9.17, 15) is 19.2 Å². The van der Waals surface area contributed by atoms with Gasteiger partial charge in [0.05, 0.1) is 12.6 Å². The molecule has 142 valence electrons. The molecule has 1 fully saturated rings. The summed E-state index contributed by atoms with van der Waals surface area (Å²) in [6.07, 6.45) is 0.451. The third-order valence-electron chi connectivity index (χ3n) is 3.98. The Balaban J connectivity index is 2.68. The zero-order valence-electron chi connectivity index (χ0n) is 15.8. The highest BCUT2D eigenvalue weighted by atomic mass is 16.5. The Morgan fingerprint density at radius 2 is 1.92 bits per heavy atom. The molecule has 0 saturated carbocycles. The monoisotopic (exact) mass is 354 g/mol. The van der Waals surface area contributed by atoms with E-state index >= 15 is 0 Å². The van der Waals surface area contributed by atoms with Gasteiger partial charge in [0, 0.05) is 18.9 Å². The summed E-state index contributed by atoms with van der Waals surface area (Å²) >= 11 is 0. The number of carbonyl (C=O) groups is 4. The standard InChI is InChI=1S/C18H30N2O5/c1-11(2)14(20-17(24)25-10-18(3,4)5)13(21)9-12-7-6-8-19-16(23)15(12)22/h11-12,14H,6-10H2,1-5H3,(H,19,23)(H,20,24). The molecule has 7 heteroatoms. The molecule has 0 spiro atoms. The summed E-state index contributed by atoms with van der Waals surface area (Å²) in [5.74, 6) is -2.21. The zero-order valence-corrected chi connectivity index (χ0v) is 15.8. The van der Waals surface area contributed by atoms with E-state index in [1.165, 1.54) is 0 Å². The van der Waals surface area contributed by atoms with Crippen molar-refractivity contribution in [2.45, 2.75) is 59.9 Å². The van der Waals surface area contributed by atoms with Gasteiger partial charge in [0.15, 0.2) is 5.78 Å². The van der Waals surface area contributed by atoms with Crippen LogP contribution in [0.15, 0.2) is 0 Å². The lowest BCUT2D eigenvalue weighted by molar-refractivity contribution is -0.140. The van der Waals surface area contributed by atoms with Crippen LogP contribution in [0, 0.1) is 17.3 Å². The van der Waals surface area contributed by atoms with Gasteiger partial charge < -0.3 is 15.4 Å². The Kier molecular flexibility index (Phi) is 7.58. The summed E-state index contributed by atoms with van der Waals surface area (Å²) in [4.78, 5) is 48.2. The Labute approximate surface area is 149 Å². The molecule has 7 nitrogen and oxygen atoms in total. The maximum Gasteiger partial charge on any atom is 0.407 e. The van der Waals surface area contributed by atoms with E-state index in [1.807, 2.05) is 34.6 Å². The minimum absolute atomic E-state index is 0.0470. The highest BCUT2D eigenvalue weighted by Crippen LogP contribution is 2.19. The minimum Gasteiger partial charge on any atom is -0.449 e. The van der Waals surface area contributed by atoms with Crippen molar-refractivity contribution >= 4 is 23.6 Å². The first-order chi connectivity index (χ1) is 11.5. The van der Waals surface area contributed by atoms with E-state index in [-0.39, 0.29) is 30.1 Å². The second kappa shape index (κ2) is 8.97. The number of ketones is 2. The van der Waals surface area contributed by atoms with Crippen LogP contribution in [-0.2, 0) is 19.1 Å². The highest BCUT2D eigenvalue weighted by molar-refractivity contribution is 6.37. The average molecular weight is 354 g/mol. The van der Waals surface area contributed by atoms with Crippen molar-refractivity contribution in [2.75, 3.05) is 13.2 Å². The smallest absolute Gasteiger partial charge is 0.407 e. The van der Waals surface area contributed by atoms with Gasteiger partial charge in [-0.3, -0.25) is 14.4 Å². The van der Waals surface area contributed by atoms with Crippen LogP contribution in [0.2, 0.25) is 0 Å². The van der Waals surface area contributed by atoms with Crippen LogP contribution >= 0.6 is 0 Å². The summed E-state index contributed by atoms with van der Waals surface area (Å²) in [5.41, 5.74) is -0.172. The molecule has 0 aromatic carbocycles. The van der Waals surface area contributed by atoms with E-state index in [0.29, 0.717) is 19.4 Å². The molecular formula is C18H30N2O5. The first kappa shape index (κ1) is 21.1. The fourth-order valence-corrected chi connectivity index (χ4v) is 2.59. The molecule has 1 heterocycles. The van der Waals surface area contributed by atoms with Crippen molar-refractivity contribution in [1.82, 2.24) is 10.6 Å². The molecule has 0 aromatic rings. The van der Waals surface area contributed by atoms with Crippen LogP contribution in [0.5, 0.6) is 0 Å². The lowest BCUT2D eigenvalue weighted by atomic mass is 9.88. The predicted molar refractivity (Wildman–Crippen MR) is 92.9 cm³/mol. The fourth-order valence-electron chi connectivity index (χ4n) is 2.59. The van der Waals surface area contributed by atoms with Gasteiger partial charge in [-0.15, -0.1) is 0 Å². The Hall–Kier alpha value is -1.92. The van der Waals surface area contributed by atoms with E-state index in [0.717, 1.165) is 0 Å². The van der Waals surface area contributed by atoms with Crippen molar-refractivity contribution in [3.8, 4) is 0 Å². The van der Waals surface area contributed by atoms with Crippen LogP contribution in [0.3, 0.4) is 0 Å². The van der Waals surface area contributed by atoms with Gasteiger partial charge >= 0.3 is 6.09 Å². The molecule has 0 aromatic heterocycles. The first-order valence-corrected chi connectivity index (χ1v) is 8.79. The van der Waals surface area contributed by atoms with E-state index in [2.05, 4.69) is 10.6 Å². The topological polar surface area (TPSA) is 102 Å². The van der Waals surface area contributed by atoms with Crippen molar-refractivity contribution in [3.63, 3.8) is 0 Å². The number of carbonyl (C=O) groups excluding carboxylic acids is 4. The summed E-state index contributed by atoms with van der Waals surface area (Å²) in [6.45, 7) is 10.1. The molecule has 1 aliphatic rings. The SMILES string of the molecule is CC(C)C(NC(=O)OCC(C)(C)C)C(=O)CC1CCCNC(=O)C1=O. The molecule has 2 unspecified atom stereocenters. The van der Waals surface area contributed by atoms with Gasteiger partial charge in [-0.25, -0.2) is 4.79 Å². The second-order valence-electron chi connectivity index (χ2n) is 8.13. The van der Waals surface area contributed by atoms with Gasteiger partial charge in [0.2, 0.25) is 5.78 Å². The molecular weight excluding hydrogens is 324 g/mol. The lowest BCUT2D eigenvalue weighted by Gasteiger charge is -2.24. The number of alkyl carbamates (subject to hydrolysis) is 1. The fraction of sp³-hybridized carbons (Fsp3) is 0.778. The van der Waals surface area contributed by atoms with Crippen molar-refractivity contribution in [3.05, 3.63) is 0 Å². The summed E-state index contributed by atoms with van der Waals surface area (Å²) < 4.78 is 5.15. The molecule has 2 atom stereocenters. The van der Waals surface area contributed by atoms with Crippen molar-refractivity contribution < 1.29 is 23.9 Å². The zero-order chi connectivity index (χ0) is 19.2. The van der Waals surface area contributed by atoms with E-state index in [1.54, 1.807) is 0 Å². The number of ether oxygens (including phenoxy) is 1. The van der Waals surface area contributed by atoms with Crippen LogP contribution in [0.1, 0.15) is 53.9 Å². The molecule has 1 rings (SSSR count). The molecule has 2 N–H and O–H groups in total. The largest absolute Gasteiger partial charge is 0.449 e. The number of hydrogen-bond acceptors (Lipinski definition) is 5. The van der Waals surface area contributed by atoms with Crippen LogP contribution in [-0.4, -0.2) is 42.8 Å². The quantitative estimate of drug-likeness (QED) is 0.709. The number of hydrogen-bond donors (Lipinski definition) is 2. The second-order valence-corrected chi connectivity index (χ2v) is 8.13. The van der Waals surface area contributed by atoms with Gasteiger partial charge in [0.25, 0.3) is 5.91 Å². The Bertz CT molecular complexity index is 522. The lowest BCUT2D eigenvalue weighted by Crippen LogP contribution is -2.46. The van der Waals surface area contributed by atoms with Gasteiger partial charge in [-0.2, -0.15) is 0 Å². The molecule has 1 aliphatic heterocycles. The normalized spacial score (nSPS) is 19.8. The third kappa shape index (κ3) is 7.23. The van der Waals surface area contributed by atoms with Crippen LogP contribution in [0.4, 0.5) is 4.79 Å². The van der Waals surface area contributed by atoms with E-state index in [4.69, 9.17) is 4.74 Å². The number of amides is 2. The molecule has 0 radical (unpaired) electrons. The summed E-state index contributed by atoms with van der Waals surface area (Å²) in [5, 5.41) is 5.12. The first-order valence-electron chi connectivity index (χ1n) is 8.79. The summed E-state index contributed by atoms with van der Waals surface area (Å²) in [6, 6.07) is -0.744. The van der Waals surface area contributed by atoms with Gasteiger partial charge in [0.1, 0.15) is 0 Å². The Morgan fingerprint density at radius 3 is 2.48 bits per heavy atom. The maximum absolute atomic E-state index is 12.6. The average Bonchev–Trinajstić information content (AvgIpc) is 2.65. The van der Waals surface area contributed by atoms with Crippen LogP contribution < -0.4 is 10.6 Å². The van der Waals surface area contributed by atoms with E-state index < -0.39 is 29.7 Å². The third-order valence-corrected chi connectivity index (χ3v) is 3.98. The molecule has 2 amide bonds. The van der Waals surface area contributed by atoms with Crippen LogP contribution in [0.25, 0.3) is 0 Å². The molecule has 0 bridgehead atoms. The molecule has 1 saturated heterocycles. The van der Waals surface area contributed by atoms with Crippen molar-refractivity contribution in [1.29, 1.82) is 0 Å². The van der Waals surface area contributed by atoms with Gasteiger partial charge in [-0.05, 0) is 24.2 Å². The van der Waals surface area contributed by atoms with Crippen molar-refractivity contribution in [2.24, 2.45) is 17.3 Å². The predicted octanol–water partition coefficient (Wildman–Crippen LogP) is 1.84. The number of nitrogens with one attached hydrogen (secondary N) is 2. The number of Topliss-reactive ketones (excluding diaryl/α,β-unsaturated/α-hetero) is 2. The number of rotatable bonds is 6. The van der Waals surface area contributed by atoms with Gasteiger partial charge in [-0.1, -0.05) is 34.6 Å². The molecule has 0 aliphatic carbocycles. The molecule has 25 heavy (non-hydrogen) atoms. The Morgan fingerprint density at radius 1 is 1.28 bits per heavy atom. The summed E-state index contributed by atoms with van der Waals surface area (Å²) in [7, 11) is 0. The highest BCUT2D eigenvalue weighted by Gasteiger charge is 2.33.